The van der Waals surface area contributed by atoms with Crippen LogP contribution in [0.15, 0.2) is 12.4 Å². The minimum Gasteiger partial charge on any atom is -0.240 e. The van der Waals surface area contributed by atoms with Gasteiger partial charge in [0.25, 0.3) is 0 Å². The normalized spacial score (nSPS) is 10.2. The fourth-order valence-corrected chi connectivity index (χ4v) is 1.36. The number of hydrogen-bond acceptors (Lipinski definition) is 2. The van der Waals surface area contributed by atoms with E-state index in [9.17, 15) is 0 Å². The predicted octanol–water partition coefficient (Wildman–Crippen LogP) is 2.12. The van der Waals surface area contributed by atoms with E-state index in [1.165, 1.54) is 4.57 Å². The number of nitrogens with zero attached hydrogens (tertiary/aromatic N) is 3. The molecule has 1 aromatic heterocycles. The van der Waals surface area contributed by atoms with Crippen LogP contribution in [0.3, 0.4) is 0 Å². The van der Waals surface area contributed by atoms with Gasteiger partial charge in [0.2, 0.25) is 0 Å². The third-order valence-electron chi connectivity index (χ3n) is 2.13. The molecule has 0 atom stereocenters. The molecule has 3 nitrogen and oxygen atoms in total. The van der Waals surface area contributed by atoms with Crippen molar-refractivity contribution in [3.05, 3.63) is 18.2 Å². The molecule has 0 N–H and O–H groups in total. The second-order valence-electron chi connectivity index (χ2n) is 2.77. The van der Waals surface area contributed by atoms with E-state index in [1.807, 2.05) is 0 Å². The number of imidazole rings is 1. The second kappa shape index (κ2) is 3.91. The average Bonchev–Trinajstić information content (AvgIpc) is 2.55. The summed E-state index contributed by atoms with van der Waals surface area (Å²) < 4.78 is 1.54. The Morgan fingerprint density at radius 1 is 1.58 bits per heavy atom. The van der Waals surface area contributed by atoms with E-state index in [-0.39, 0.29) is 0 Å². The van der Waals surface area contributed by atoms with Crippen LogP contribution in [0.1, 0.15) is 38.4 Å². The van der Waals surface area contributed by atoms with Gasteiger partial charge in [0, 0.05) is 18.3 Å². The highest BCUT2D eigenvalue weighted by atomic mass is 15.1. The van der Waals surface area contributed by atoms with Crippen molar-refractivity contribution in [3.63, 3.8) is 0 Å². The summed E-state index contributed by atoms with van der Waals surface area (Å²) in [6, 6.07) is 0. The highest BCUT2D eigenvalue weighted by Crippen LogP contribution is 2.20. The SMILES string of the molecule is CCC(CC)c1nccn1C#N. The summed E-state index contributed by atoms with van der Waals surface area (Å²) in [6.45, 7) is 4.23. The summed E-state index contributed by atoms with van der Waals surface area (Å²) in [5.74, 6) is 1.31. The molecule has 0 unspecified atom stereocenters. The van der Waals surface area contributed by atoms with Gasteiger partial charge in [-0.2, -0.15) is 5.26 Å². The zero-order valence-electron chi connectivity index (χ0n) is 7.49. The topological polar surface area (TPSA) is 41.6 Å². The molecule has 1 heterocycles. The molecule has 0 amide bonds. The summed E-state index contributed by atoms with van der Waals surface area (Å²) in [6.07, 6.45) is 7.53. The van der Waals surface area contributed by atoms with Crippen molar-refractivity contribution < 1.29 is 0 Å². The first-order chi connectivity index (χ1) is 5.83. The maximum absolute atomic E-state index is 8.72. The van der Waals surface area contributed by atoms with E-state index in [4.69, 9.17) is 5.26 Å². The average molecular weight is 163 g/mol. The molecule has 0 aliphatic carbocycles. The maximum atomic E-state index is 8.72. The number of hydrogen-bond donors (Lipinski definition) is 0. The molecular formula is C9H13N3. The van der Waals surface area contributed by atoms with Gasteiger partial charge < -0.3 is 0 Å². The van der Waals surface area contributed by atoms with E-state index in [2.05, 4.69) is 25.0 Å². The van der Waals surface area contributed by atoms with Crippen LogP contribution in [0.4, 0.5) is 0 Å². The molecule has 1 rings (SSSR count). The van der Waals surface area contributed by atoms with Crippen LogP contribution >= 0.6 is 0 Å². The van der Waals surface area contributed by atoms with Crippen LogP contribution in [-0.2, 0) is 0 Å². The lowest BCUT2D eigenvalue weighted by Crippen LogP contribution is -2.03. The highest BCUT2D eigenvalue weighted by Gasteiger charge is 2.12. The standard InChI is InChI=1S/C9H13N3/c1-3-8(4-2)9-11-5-6-12(9)7-10/h5-6,8H,3-4H2,1-2H3. The Balaban J connectivity index is 2.93. The Hall–Kier alpha value is -1.30. The van der Waals surface area contributed by atoms with Crippen molar-refractivity contribution in [2.75, 3.05) is 0 Å². The molecular weight excluding hydrogens is 150 g/mol. The largest absolute Gasteiger partial charge is 0.240 e. The van der Waals surface area contributed by atoms with Gasteiger partial charge in [0.05, 0.1) is 0 Å². The van der Waals surface area contributed by atoms with Crippen molar-refractivity contribution in [3.8, 4) is 6.19 Å². The summed E-state index contributed by atoms with van der Waals surface area (Å²) >= 11 is 0. The van der Waals surface area contributed by atoms with Crippen molar-refractivity contribution in [1.82, 2.24) is 9.55 Å². The highest BCUT2D eigenvalue weighted by molar-refractivity contribution is 5.05. The van der Waals surface area contributed by atoms with Crippen LogP contribution in [0, 0.1) is 11.5 Å². The first kappa shape index (κ1) is 8.79. The minimum atomic E-state index is 0.416. The first-order valence-electron chi connectivity index (χ1n) is 4.26. The van der Waals surface area contributed by atoms with Gasteiger partial charge in [-0.25, -0.2) is 9.55 Å². The van der Waals surface area contributed by atoms with Crippen LogP contribution in [0.25, 0.3) is 0 Å². The molecule has 1 aromatic rings. The fourth-order valence-electron chi connectivity index (χ4n) is 1.36. The number of rotatable bonds is 3. The maximum Gasteiger partial charge on any atom is 0.189 e. The number of nitriles is 1. The van der Waals surface area contributed by atoms with E-state index in [0.717, 1.165) is 18.7 Å². The Bertz CT molecular complexity index is 278. The molecule has 0 aliphatic heterocycles. The van der Waals surface area contributed by atoms with Gasteiger partial charge in [0.15, 0.2) is 6.19 Å². The van der Waals surface area contributed by atoms with Crippen molar-refractivity contribution in [2.24, 2.45) is 0 Å². The van der Waals surface area contributed by atoms with Gasteiger partial charge in [-0.1, -0.05) is 13.8 Å². The third kappa shape index (κ3) is 1.48. The van der Waals surface area contributed by atoms with Crippen molar-refractivity contribution >= 4 is 0 Å². The molecule has 3 heteroatoms. The number of aromatic nitrogens is 2. The lowest BCUT2D eigenvalue weighted by Gasteiger charge is -2.09. The van der Waals surface area contributed by atoms with Crippen LogP contribution in [0.5, 0.6) is 0 Å². The quantitative estimate of drug-likeness (QED) is 0.684. The third-order valence-corrected chi connectivity index (χ3v) is 2.13. The monoisotopic (exact) mass is 163 g/mol. The molecule has 0 saturated carbocycles. The van der Waals surface area contributed by atoms with Gasteiger partial charge in [0.1, 0.15) is 5.82 Å². The summed E-state index contributed by atoms with van der Waals surface area (Å²) in [5.41, 5.74) is 0. The molecule has 0 spiro atoms. The summed E-state index contributed by atoms with van der Waals surface area (Å²) in [7, 11) is 0. The minimum absolute atomic E-state index is 0.416. The van der Waals surface area contributed by atoms with Crippen LogP contribution < -0.4 is 0 Å². The van der Waals surface area contributed by atoms with Crippen LogP contribution in [0.2, 0.25) is 0 Å². The van der Waals surface area contributed by atoms with E-state index >= 15 is 0 Å². The van der Waals surface area contributed by atoms with Crippen molar-refractivity contribution in [1.29, 1.82) is 5.26 Å². The Labute approximate surface area is 72.7 Å². The van der Waals surface area contributed by atoms with E-state index in [1.54, 1.807) is 12.4 Å². The van der Waals surface area contributed by atoms with E-state index < -0.39 is 0 Å². The summed E-state index contributed by atoms with van der Waals surface area (Å²) in [4.78, 5) is 4.17. The molecule has 64 valence electrons. The Morgan fingerprint density at radius 3 is 2.75 bits per heavy atom. The lowest BCUT2D eigenvalue weighted by atomic mass is 10.0. The summed E-state index contributed by atoms with van der Waals surface area (Å²) in [5, 5.41) is 8.72. The Kier molecular flexibility index (Phi) is 2.87. The van der Waals surface area contributed by atoms with E-state index in [0.29, 0.717) is 5.92 Å². The van der Waals surface area contributed by atoms with Gasteiger partial charge in [-0.15, -0.1) is 0 Å². The Morgan fingerprint density at radius 2 is 2.25 bits per heavy atom. The predicted molar refractivity (Wildman–Crippen MR) is 46.6 cm³/mol. The smallest absolute Gasteiger partial charge is 0.189 e. The molecule has 0 aromatic carbocycles. The van der Waals surface area contributed by atoms with Crippen LogP contribution in [-0.4, -0.2) is 9.55 Å². The van der Waals surface area contributed by atoms with Gasteiger partial charge >= 0.3 is 0 Å². The van der Waals surface area contributed by atoms with Gasteiger partial charge in [-0.3, -0.25) is 0 Å². The fraction of sp³-hybridized carbons (Fsp3) is 0.556. The lowest BCUT2D eigenvalue weighted by molar-refractivity contribution is 0.594. The molecule has 12 heavy (non-hydrogen) atoms. The zero-order valence-corrected chi connectivity index (χ0v) is 7.49. The van der Waals surface area contributed by atoms with Gasteiger partial charge in [-0.05, 0) is 12.8 Å². The first-order valence-corrected chi connectivity index (χ1v) is 4.26. The molecule has 0 saturated heterocycles. The molecule has 0 aliphatic rings. The molecule has 0 fully saturated rings. The van der Waals surface area contributed by atoms with Crippen molar-refractivity contribution in [2.45, 2.75) is 32.6 Å². The zero-order chi connectivity index (χ0) is 8.97. The molecule has 0 bridgehead atoms. The molecule has 0 radical (unpaired) electrons. The second-order valence-corrected chi connectivity index (χ2v) is 2.77.